The molecular weight excluding hydrogens is 306 g/mol. The number of phenols is 1. The largest absolute Gasteiger partial charge is 0.507 e. The van der Waals surface area contributed by atoms with Crippen LogP contribution in [0.25, 0.3) is 0 Å². The number of halogens is 1. The highest BCUT2D eigenvalue weighted by atomic mass is 79.9. The fraction of sp³-hybridized carbons (Fsp3) is 0.533. The van der Waals surface area contributed by atoms with Gasteiger partial charge in [-0.3, -0.25) is 4.79 Å². The van der Waals surface area contributed by atoms with Crippen LogP contribution in [0.15, 0.2) is 22.7 Å². The van der Waals surface area contributed by atoms with Gasteiger partial charge in [-0.1, -0.05) is 35.7 Å². The minimum atomic E-state index is -0.196. The van der Waals surface area contributed by atoms with E-state index in [-0.39, 0.29) is 17.1 Å². The van der Waals surface area contributed by atoms with Crippen LogP contribution < -0.4 is 5.32 Å². The molecule has 3 nitrogen and oxygen atoms in total. The summed E-state index contributed by atoms with van der Waals surface area (Å²) in [6.45, 7) is 2.89. The van der Waals surface area contributed by atoms with Crippen molar-refractivity contribution in [2.45, 2.75) is 39.0 Å². The van der Waals surface area contributed by atoms with Crippen LogP contribution in [0.2, 0.25) is 0 Å². The maximum absolute atomic E-state index is 12.1. The Balaban J connectivity index is 2.03. The number of nitrogens with one attached hydrogen (secondary N) is 1. The van der Waals surface area contributed by atoms with Crippen molar-refractivity contribution >= 4 is 21.8 Å². The van der Waals surface area contributed by atoms with Crippen molar-refractivity contribution in [2.75, 3.05) is 6.54 Å². The monoisotopic (exact) mass is 325 g/mol. The lowest BCUT2D eigenvalue weighted by atomic mass is 9.83. The second-order valence-electron chi connectivity index (χ2n) is 5.40. The van der Waals surface area contributed by atoms with Crippen LogP contribution in [0.3, 0.4) is 0 Å². The van der Waals surface area contributed by atoms with Crippen LogP contribution >= 0.6 is 15.9 Å². The normalized spacial score (nSPS) is 17.4. The molecule has 1 amide bonds. The number of amides is 1. The Morgan fingerprint density at radius 2 is 2.11 bits per heavy atom. The summed E-state index contributed by atoms with van der Waals surface area (Å²) in [7, 11) is 0. The fourth-order valence-electron chi connectivity index (χ4n) is 2.83. The lowest BCUT2D eigenvalue weighted by Gasteiger charge is -2.27. The van der Waals surface area contributed by atoms with Gasteiger partial charge in [0.2, 0.25) is 0 Å². The third kappa shape index (κ3) is 3.30. The Bertz CT molecular complexity index is 467. The van der Waals surface area contributed by atoms with E-state index in [9.17, 15) is 9.90 Å². The zero-order chi connectivity index (χ0) is 13.9. The molecule has 0 aliphatic heterocycles. The Morgan fingerprint density at radius 3 is 2.74 bits per heavy atom. The first-order valence-electron chi connectivity index (χ1n) is 6.83. The summed E-state index contributed by atoms with van der Waals surface area (Å²) in [6.07, 6.45) is 5.98. The second-order valence-corrected chi connectivity index (χ2v) is 6.32. The van der Waals surface area contributed by atoms with Gasteiger partial charge in [0.05, 0.1) is 5.56 Å². The molecule has 2 N–H and O–H groups in total. The second kappa shape index (κ2) is 5.95. The molecule has 0 atom stereocenters. The third-order valence-corrected chi connectivity index (χ3v) is 4.73. The van der Waals surface area contributed by atoms with E-state index in [0.717, 1.165) is 10.9 Å². The molecule has 1 aromatic rings. The number of carbonyl (C=O) groups excluding carboxylic acids is 1. The minimum Gasteiger partial charge on any atom is -0.507 e. The zero-order valence-corrected chi connectivity index (χ0v) is 12.8. The number of aromatic hydroxyl groups is 1. The van der Waals surface area contributed by atoms with E-state index in [0.29, 0.717) is 12.1 Å². The van der Waals surface area contributed by atoms with Crippen LogP contribution in [0.1, 0.15) is 49.4 Å². The first kappa shape index (κ1) is 14.4. The number of rotatable bonds is 4. The lowest BCUT2D eigenvalue weighted by Crippen LogP contribution is -2.35. The summed E-state index contributed by atoms with van der Waals surface area (Å²) in [6, 6.07) is 4.90. The Hall–Kier alpha value is -1.03. The Morgan fingerprint density at radius 1 is 1.42 bits per heavy atom. The van der Waals surface area contributed by atoms with Gasteiger partial charge in [0.15, 0.2) is 0 Å². The van der Waals surface area contributed by atoms with Crippen LogP contribution in [-0.2, 0) is 0 Å². The highest BCUT2D eigenvalue weighted by Gasteiger charge is 2.32. The average molecular weight is 326 g/mol. The molecule has 0 bridgehead atoms. The molecule has 4 heteroatoms. The van der Waals surface area contributed by atoms with Crippen molar-refractivity contribution in [2.24, 2.45) is 5.41 Å². The Labute approximate surface area is 122 Å². The molecule has 1 aromatic carbocycles. The number of phenolic OH excluding ortho intramolecular Hbond substituents is 1. The molecular formula is C15H20BrNO2. The van der Waals surface area contributed by atoms with E-state index in [1.54, 1.807) is 12.1 Å². The minimum absolute atomic E-state index is 0.0256. The number of carbonyl (C=O) groups is 1. The molecule has 1 aliphatic rings. The molecule has 1 aliphatic carbocycles. The molecule has 19 heavy (non-hydrogen) atoms. The molecule has 0 unspecified atom stereocenters. The summed E-state index contributed by atoms with van der Waals surface area (Å²) in [5, 5.41) is 12.7. The van der Waals surface area contributed by atoms with Gasteiger partial charge in [0, 0.05) is 11.0 Å². The molecule has 0 aromatic heterocycles. The van der Waals surface area contributed by atoms with Gasteiger partial charge in [-0.2, -0.15) is 0 Å². The van der Waals surface area contributed by atoms with Crippen molar-refractivity contribution in [3.63, 3.8) is 0 Å². The molecule has 0 heterocycles. The molecule has 2 rings (SSSR count). The van der Waals surface area contributed by atoms with Crippen LogP contribution in [0.5, 0.6) is 5.75 Å². The van der Waals surface area contributed by atoms with Gasteiger partial charge in [0.25, 0.3) is 5.91 Å². The van der Waals surface area contributed by atoms with Crippen LogP contribution in [-0.4, -0.2) is 17.6 Å². The Kier molecular flexibility index (Phi) is 4.50. The van der Waals surface area contributed by atoms with Crippen molar-refractivity contribution in [3.8, 4) is 5.75 Å². The van der Waals surface area contributed by atoms with Crippen molar-refractivity contribution < 1.29 is 9.90 Å². The maximum Gasteiger partial charge on any atom is 0.255 e. The highest BCUT2D eigenvalue weighted by molar-refractivity contribution is 9.10. The average Bonchev–Trinajstić information content (AvgIpc) is 2.88. The predicted octanol–water partition coefficient (Wildman–Crippen LogP) is 3.85. The first-order chi connectivity index (χ1) is 9.06. The van der Waals surface area contributed by atoms with Gasteiger partial charge in [-0.05, 0) is 42.9 Å². The lowest BCUT2D eigenvalue weighted by molar-refractivity contribution is 0.0926. The van der Waals surface area contributed by atoms with E-state index < -0.39 is 0 Å². The maximum atomic E-state index is 12.1. The van der Waals surface area contributed by atoms with E-state index >= 15 is 0 Å². The SMILES string of the molecule is CCC1(CNC(=O)c2cc(Br)ccc2O)CCCC1. The van der Waals surface area contributed by atoms with Gasteiger partial charge in [0.1, 0.15) is 5.75 Å². The van der Waals surface area contributed by atoms with Crippen molar-refractivity contribution in [1.29, 1.82) is 0 Å². The van der Waals surface area contributed by atoms with Crippen molar-refractivity contribution in [3.05, 3.63) is 28.2 Å². The van der Waals surface area contributed by atoms with Crippen LogP contribution in [0, 0.1) is 5.41 Å². The molecule has 1 fully saturated rings. The summed E-state index contributed by atoms with van der Waals surface area (Å²) in [5.74, 6) is -0.170. The topological polar surface area (TPSA) is 49.3 Å². The molecule has 1 saturated carbocycles. The van der Waals surface area contributed by atoms with E-state index in [2.05, 4.69) is 28.2 Å². The summed E-state index contributed by atoms with van der Waals surface area (Å²) in [5.41, 5.74) is 0.593. The predicted molar refractivity (Wildman–Crippen MR) is 79.3 cm³/mol. The van der Waals surface area contributed by atoms with Gasteiger partial charge < -0.3 is 10.4 Å². The summed E-state index contributed by atoms with van der Waals surface area (Å²) >= 11 is 3.32. The molecule has 0 spiro atoms. The molecule has 0 saturated heterocycles. The van der Waals surface area contributed by atoms with Crippen molar-refractivity contribution in [1.82, 2.24) is 5.32 Å². The standard InChI is InChI=1S/C15H20BrNO2/c1-2-15(7-3-4-8-15)10-17-14(19)12-9-11(16)5-6-13(12)18/h5-6,9,18H,2-4,7-8,10H2,1H3,(H,17,19). The van der Waals surface area contributed by atoms with Gasteiger partial charge in [-0.15, -0.1) is 0 Å². The molecule has 0 radical (unpaired) electrons. The molecule has 104 valence electrons. The zero-order valence-electron chi connectivity index (χ0n) is 11.2. The smallest absolute Gasteiger partial charge is 0.255 e. The van der Waals surface area contributed by atoms with Gasteiger partial charge in [-0.25, -0.2) is 0 Å². The number of benzene rings is 1. The first-order valence-corrected chi connectivity index (χ1v) is 7.62. The fourth-order valence-corrected chi connectivity index (χ4v) is 3.19. The van der Waals surface area contributed by atoms with Crippen LogP contribution in [0.4, 0.5) is 0 Å². The number of hydrogen-bond donors (Lipinski definition) is 2. The summed E-state index contributed by atoms with van der Waals surface area (Å²) < 4.78 is 0.793. The summed E-state index contributed by atoms with van der Waals surface area (Å²) in [4.78, 5) is 12.1. The number of hydrogen-bond acceptors (Lipinski definition) is 2. The van der Waals surface area contributed by atoms with E-state index in [1.807, 2.05) is 0 Å². The quantitative estimate of drug-likeness (QED) is 0.883. The van der Waals surface area contributed by atoms with Gasteiger partial charge >= 0.3 is 0 Å². The van der Waals surface area contributed by atoms with E-state index in [4.69, 9.17) is 0 Å². The third-order valence-electron chi connectivity index (χ3n) is 4.24. The highest BCUT2D eigenvalue weighted by Crippen LogP contribution is 2.40. The van der Waals surface area contributed by atoms with E-state index in [1.165, 1.54) is 31.7 Å².